The molecule has 5 N–H and O–H groups in total. The Morgan fingerprint density at radius 1 is 1.03 bits per heavy atom. The van der Waals surface area contributed by atoms with Crippen LogP contribution in [-0.4, -0.2) is 45.7 Å². The molecule has 0 aliphatic heterocycles. The molecule has 0 heterocycles. The van der Waals surface area contributed by atoms with Crippen molar-refractivity contribution in [3.05, 3.63) is 59.0 Å². The van der Waals surface area contributed by atoms with Gasteiger partial charge in [-0.1, -0.05) is 6.07 Å². The van der Waals surface area contributed by atoms with Crippen LogP contribution in [0.4, 0.5) is 10.1 Å². The predicted molar refractivity (Wildman–Crippen MR) is 127 cm³/mol. The largest absolute Gasteiger partial charge is 0.492 e. The van der Waals surface area contributed by atoms with E-state index in [9.17, 15) is 4.39 Å². The molecule has 0 spiro atoms. The Balaban J connectivity index is 2.36. The first-order valence-corrected chi connectivity index (χ1v) is 10.2. The van der Waals surface area contributed by atoms with Crippen LogP contribution in [0.2, 0.25) is 0 Å². The van der Waals surface area contributed by atoms with Gasteiger partial charge in [0.25, 0.3) is 0 Å². The van der Waals surface area contributed by atoms with Crippen LogP contribution in [0.25, 0.3) is 11.1 Å². The van der Waals surface area contributed by atoms with Gasteiger partial charge in [-0.15, -0.1) is 0 Å². The third kappa shape index (κ3) is 6.15. The highest BCUT2D eigenvalue weighted by Crippen LogP contribution is 2.33. The number of anilines is 1. The quantitative estimate of drug-likeness (QED) is 0.345. The number of likely N-dealkylation sites (N-methyl/N-ethyl adjacent to an activating group) is 1. The SMILES string of the molecule is CNCC(=N)c1cc(-c2ccc(F)cc2OCC/C(C(C)=N)=C(\C)NC)ccc1NC. The van der Waals surface area contributed by atoms with Crippen molar-refractivity contribution in [3.63, 3.8) is 0 Å². The Labute approximate surface area is 183 Å². The molecule has 6 nitrogen and oxygen atoms in total. The Kier molecular flexibility index (Phi) is 8.75. The minimum Gasteiger partial charge on any atom is -0.492 e. The summed E-state index contributed by atoms with van der Waals surface area (Å²) in [6.07, 6.45) is 0.536. The van der Waals surface area contributed by atoms with Crippen LogP contribution in [0.3, 0.4) is 0 Å². The lowest BCUT2D eigenvalue weighted by molar-refractivity contribution is 0.322. The molecular weight excluding hydrogens is 393 g/mol. The van der Waals surface area contributed by atoms with Gasteiger partial charge in [-0.25, -0.2) is 4.39 Å². The van der Waals surface area contributed by atoms with Crippen LogP contribution in [0.1, 0.15) is 25.8 Å². The van der Waals surface area contributed by atoms with Crippen molar-refractivity contribution in [1.82, 2.24) is 10.6 Å². The van der Waals surface area contributed by atoms with E-state index in [1.165, 1.54) is 12.1 Å². The summed E-state index contributed by atoms with van der Waals surface area (Å²) in [6.45, 7) is 4.42. The lowest BCUT2D eigenvalue weighted by Gasteiger charge is -2.16. The normalized spacial score (nSPS) is 11.5. The zero-order valence-electron chi connectivity index (χ0n) is 18.9. The fraction of sp³-hybridized carbons (Fsp3) is 0.333. The topological polar surface area (TPSA) is 93.0 Å². The van der Waals surface area contributed by atoms with E-state index >= 15 is 0 Å². The van der Waals surface area contributed by atoms with Crippen molar-refractivity contribution in [1.29, 1.82) is 10.8 Å². The van der Waals surface area contributed by atoms with E-state index in [1.54, 1.807) is 20.0 Å². The first kappa shape index (κ1) is 24.1. The smallest absolute Gasteiger partial charge is 0.130 e. The molecule has 0 aliphatic carbocycles. The Bertz CT molecular complexity index is 984. The molecule has 0 unspecified atom stereocenters. The highest BCUT2D eigenvalue weighted by atomic mass is 19.1. The second kappa shape index (κ2) is 11.3. The minimum absolute atomic E-state index is 0.318. The molecule has 166 valence electrons. The summed E-state index contributed by atoms with van der Waals surface area (Å²) in [6, 6.07) is 10.3. The molecule has 0 saturated carbocycles. The summed E-state index contributed by atoms with van der Waals surface area (Å²) in [7, 11) is 5.45. The van der Waals surface area contributed by atoms with Gasteiger partial charge in [0, 0.05) is 61.4 Å². The summed E-state index contributed by atoms with van der Waals surface area (Å²) in [4.78, 5) is 0. The van der Waals surface area contributed by atoms with Crippen LogP contribution in [0.15, 0.2) is 47.7 Å². The van der Waals surface area contributed by atoms with Gasteiger partial charge in [-0.3, -0.25) is 0 Å². The number of benzene rings is 2. The van der Waals surface area contributed by atoms with Gasteiger partial charge >= 0.3 is 0 Å². The van der Waals surface area contributed by atoms with E-state index in [-0.39, 0.29) is 5.82 Å². The first-order chi connectivity index (χ1) is 14.8. The van der Waals surface area contributed by atoms with E-state index in [0.717, 1.165) is 33.6 Å². The summed E-state index contributed by atoms with van der Waals surface area (Å²) in [5, 5.41) is 25.5. The molecule has 7 heteroatoms. The molecule has 31 heavy (non-hydrogen) atoms. The van der Waals surface area contributed by atoms with E-state index in [1.807, 2.05) is 39.2 Å². The molecule has 0 aliphatic rings. The fourth-order valence-electron chi connectivity index (χ4n) is 3.38. The van der Waals surface area contributed by atoms with Gasteiger partial charge < -0.3 is 31.5 Å². The Morgan fingerprint density at radius 2 is 1.77 bits per heavy atom. The lowest BCUT2D eigenvalue weighted by Crippen LogP contribution is -2.19. The van der Waals surface area contributed by atoms with Gasteiger partial charge in [0.05, 0.1) is 12.3 Å². The number of halogens is 1. The Hall–Kier alpha value is -3.19. The lowest BCUT2D eigenvalue weighted by atomic mass is 9.98. The van der Waals surface area contributed by atoms with Crippen LogP contribution >= 0.6 is 0 Å². The van der Waals surface area contributed by atoms with E-state index in [0.29, 0.717) is 36.7 Å². The van der Waals surface area contributed by atoms with E-state index < -0.39 is 0 Å². The van der Waals surface area contributed by atoms with Gasteiger partial charge in [-0.2, -0.15) is 0 Å². The van der Waals surface area contributed by atoms with Crippen LogP contribution < -0.4 is 20.7 Å². The summed E-state index contributed by atoms with van der Waals surface area (Å²) in [5.41, 5.74) is 5.96. The third-order valence-corrected chi connectivity index (χ3v) is 5.11. The number of hydrogen-bond donors (Lipinski definition) is 5. The highest BCUT2D eigenvalue weighted by Gasteiger charge is 2.14. The number of ether oxygens (including phenoxy) is 1. The molecule has 0 amide bonds. The van der Waals surface area contributed by atoms with Crippen molar-refractivity contribution >= 4 is 17.1 Å². The second-order valence-electron chi connectivity index (χ2n) is 7.24. The molecule has 0 radical (unpaired) electrons. The standard InChI is InChI=1S/C24H32FN5O/c1-15(26)19(16(2)29-4)10-11-31-24-13-18(25)7-8-20(24)17-6-9-23(30-5)21(12-17)22(27)14-28-3/h6-9,12-13,26-30H,10-11,14H2,1-5H3/b19-16-,26-15?,27-22?. The van der Waals surface area contributed by atoms with Gasteiger partial charge in [0.15, 0.2) is 0 Å². The summed E-state index contributed by atoms with van der Waals surface area (Å²) < 4.78 is 20.0. The Morgan fingerprint density at radius 3 is 2.39 bits per heavy atom. The zero-order valence-corrected chi connectivity index (χ0v) is 18.9. The molecule has 0 fully saturated rings. The van der Waals surface area contributed by atoms with Crippen LogP contribution in [0.5, 0.6) is 5.75 Å². The van der Waals surface area contributed by atoms with Crippen molar-refractivity contribution < 1.29 is 9.13 Å². The van der Waals surface area contributed by atoms with Crippen molar-refractivity contribution in [2.45, 2.75) is 20.3 Å². The first-order valence-electron chi connectivity index (χ1n) is 10.2. The number of rotatable bonds is 11. The third-order valence-electron chi connectivity index (χ3n) is 5.11. The molecule has 2 aromatic carbocycles. The maximum Gasteiger partial charge on any atom is 0.130 e. The average molecular weight is 426 g/mol. The van der Waals surface area contributed by atoms with Crippen LogP contribution in [-0.2, 0) is 0 Å². The maximum absolute atomic E-state index is 14.0. The summed E-state index contributed by atoms with van der Waals surface area (Å²) >= 11 is 0. The minimum atomic E-state index is -0.376. The monoisotopic (exact) mass is 425 g/mol. The number of nitrogens with one attached hydrogen (secondary N) is 5. The second-order valence-corrected chi connectivity index (χ2v) is 7.24. The van der Waals surface area contributed by atoms with E-state index in [2.05, 4.69) is 16.0 Å². The fourth-order valence-corrected chi connectivity index (χ4v) is 3.38. The van der Waals surface area contributed by atoms with Crippen molar-refractivity contribution in [2.75, 3.05) is 39.6 Å². The van der Waals surface area contributed by atoms with E-state index in [4.69, 9.17) is 15.6 Å². The zero-order chi connectivity index (χ0) is 23.0. The predicted octanol–water partition coefficient (Wildman–Crippen LogP) is 4.42. The van der Waals surface area contributed by atoms with Gasteiger partial charge in [0.2, 0.25) is 0 Å². The molecule has 0 aromatic heterocycles. The molecule has 0 saturated heterocycles. The highest BCUT2D eigenvalue weighted by molar-refractivity contribution is 6.05. The molecule has 0 bridgehead atoms. The average Bonchev–Trinajstić information content (AvgIpc) is 2.75. The summed E-state index contributed by atoms with van der Waals surface area (Å²) in [5.74, 6) is 0.0616. The molecule has 2 rings (SSSR count). The number of hydrogen-bond acceptors (Lipinski definition) is 6. The number of allylic oxidation sites excluding steroid dienone is 1. The maximum atomic E-state index is 14.0. The van der Waals surface area contributed by atoms with Gasteiger partial charge in [0.1, 0.15) is 11.6 Å². The van der Waals surface area contributed by atoms with Crippen molar-refractivity contribution in [2.24, 2.45) is 0 Å². The molecule has 0 atom stereocenters. The molecule has 2 aromatic rings. The van der Waals surface area contributed by atoms with Gasteiger partial charge in [-0.05, 0) is 56.3 Å². The van der Waals surface area contributed by atoms with Crippen LogP contribution in [0, 0.1) is 16.6 Å². The van der Waals surface area contributed by atoms with Crippen molar-refractivity contribution in [3.8, 4) is 16.9 Å². The molecular formula is C24H32FN5O.